The van der Waals surface area contributed by atoms with Crippen molar-refractivity contribution in [1.82, 2.24) is 40.1 Å². The Hall–Kier alpha value is -4.35. The second-order valence-corrected chi connectivity index (χ2v) is 9.03. The van der Waals surface area contributed by atoms with Gasteiger partial charge in [0, 0.05) is 49.4 Å². The number of imide groups is 1. The first-order chi connectivity index (χ1) is 17.0. The minimum atomic E-state index is -0.670. The maximum absolute atomic E-state index is 13.1. The summed E-state index contributed by atoms with van der Waals surface area (Å²) in [6, 6.07) is 4.60. The number of benzene rings is 1. The molecule has 2 N–H and O–H groups in total. The fraction of sp³-hybridized carbons (Fsp3) is 0.348. The van der Waals surface area contributed by atoms with E-state index in [1.165, 1.54) is 15.8 Å². The van der Waals surface area contributed by atoms with Gasteiger partial charge in [-0.2, -0.15) is 0 Å². The summed E-state index contributed by atoms with van der Waals surface area (Å²) in [6.07, 6.45) is 7.16. The molecule has 4 amide bonds. The number of imidazole rings is 1. The molecule has 2 unspecified atom stereocenters. The molecule has 5 heterocycles. The molecule has 3 aromatic rings. The first-order valence-corrected chi connectivity index (χ1v) is 11.5. The van der Waals surface area contributed by atoms with Crippen LogP contribution in [0.2, 0.25) is 0 Å². The second kappa shape index (κ2) is 8.15. The van der Waals surface area contributed by atoms with Gasteiger partial charge in [-0.3, -0.25) is 24.5 Å². The van der Waals surface area contributed by atoms with Gasteiger partial charge in [-0.1, -0.05) is 11.3 Å². The maximum atomic E-state index is 13.1. The molecule has 3 aliphatic rings. The molecule has 1 aromatic carbocycles. The number of aryl methyl sites for hydroxylation is 1. The molecule has 178 valence electrons. The smallest absolute Gasteiger partial charge is 0.273 e. The number of fused-ring (bicyclic) bond motifs is 2. The summed E-state index contributed by atoms with van der Waals surface area (Å²) in [5.74, 6) is -1.35. The highest BCUT2D eigenvalue weighted by atomic mass is 16.2. The topological polar surface area (TPSA) is 144 Å². The number of nitrogens with one attached hydrogen (secondary N) is 2. The summed E-state index contributed by atoms with van der Waals surface area (Å²) in [5.41, 5.74) is 3.10. The van der Waals surface area contributed by atoms with Crippen LogP contribution in [-0.4, -0.2) is 65.2 Å². The highest BCUT2D eigenvalue weighted by Gasteiger charge is 2.39. The average molecular weight is 474 g/mol. The molecule has 3 aliphatic heterocycles. The van der Waals surface area contributed by atoms with E-state index in [2.05, 4.69) is 30.5 Å². The Labute approximate surface area is 199 Å². The maximum Gasteiger partial charge on any atom is 0.273 e. The van der Waals surface area contributed by atoms with Crippen LogP contribution in [-0.2, 0) is 29.1 Å². The Balaban J connectivity index is 1.16. The van der Waals surface area contributed by atoms with E-state index in [0.29, 0.717) is 30.6 Å². The molecular weight excluding hydrogens is 452 g/mol. The van der Waals surface area contributed by atoms with Gasteiger partial charge in [0.2, 0.25) is 11.8 Å². The third-order valence-electron chi connectivity index (χ3n) is 6.81. The minimum absolute atomic E-state index is 0.00673. The van der Waals surface area contributed by atoms with Crippen molar-refractivity contribution in [3.8, 4) is 5.69 Å². The first-order valence-electron chi connectivity index (χ1n) is 11.5. The summed E-state index contributed by atoms with van der Waals surface area (Å²) in [5, 5.41) is 13.4. The van der Waals surface area contributed by atoms with E-state index >= 15 is 0 Å². The van der Waals surface area contributed by atoms with Crippen molar-refractivity contribution in [1.29, 1.82) is 0 Å². The summed E-state index contributed by atoms with van der Waals surface area (Å²) in [6.45, 7) is 1.10. The lowest BCUT2D eigenvalue weighted by Crippen LogP contribution is -2.52. The Bertz CT molecular complexity index is 1380. The molecule has 0 bridgehead atoms. The van der Waals surface area contributed by atoms with Gasteiger partial charge in [-0.05, 0) is 30.5 Å². The highest BCUT2D eigenvalue weighted by Crippen LogP contribution is 2.29. The van der Waals surface area contributed by atoms with Crippen molar-refractivity contribution in [3.05, 3.63) is 59.4 Å². The lowest BCUT2D eigenvalue weighted by Gasteiger charge is -2.29. The van der Waals surface area contributed by atoms with Gasteiger partial charge in [0.05, 0.1) is 18.2 Å². The molecular formula is C23H22N8O4. The molecule has 2 atom stereocenters. The van der Waals surface area contributed by atoms with Crippen molar-refractivity contribution < 1.29 is 19.2 Å². The lowest BCUT2D eigenvalue weighted by atomic mass is 10.0. The number of rotatable bonds is 4. The van der Waals surface area contributed by atoms with E-state index in [9.17, 15) is 19.2 Å². The standard InChI is InChI=1S/C23H22N8O4/c32-20-4-3-19(22(34)26-20)30-10-13-1-2-15(8-17(13)23(30)35)31-11-18(27-28-31)21(33)25-14-5-6-29-12-24-9-16(29)7-14/h1-2,8-9,11-12,14,19H,3-7,10H2,(H,25,33)(H,26,32,34). The average Bonchev–Trinajstić information content (AvgIpc) is 3.58. The van der Waals surface area contributed by atoms with Gasteiger partial charge in [-0.15, -0.1) is 5.10 Å². The van der Waals surface area contributed by atoms with E-state index in [0.717, 1.165) is 24.2 Å². The van der Waals surface area contributed by atoms with Gasteiger partial charge >= 0.3 is 0 Å². The Morgan fingerprint density at radius 1 is 1.17 bits per heavy atom. The molecule has 6 rings (SSSR count). The van der Waals surface area contributed by atoms with Crippen LogP contribution in [0.4, 0.5) is 0 Å². The normalized spacial score (nSPS) is 21.5. The third kappa shape index (κ3) is 3.76. The highest BCUT2D eigenvalue weighted by molar-refractivity contribution is 6.05. The van der Waals surface area contributed by atoms with Crippen LogP contribution in [0.15, 0.2) is 36.9 Å². The SMILES string of the molecule is O=C1CCC(N2Cc3ccc(-n4cc(C(=O)NC5CCn6cncc6C5)nn4)cc3C2=O)C(=O)N1. The summed E-state index contributed by atoms with van der Waals surface area (Å²) in [4.78, 5) is 55.1. The van der Waals surface area contributed by atoms with Crippen LogP contribution in [0.5, 0.6) is 0 Å². The Morgan fingerprint density at radius 3 is 2.91 bits per heavy atom. The molecule has 1 saturated heterocycles. The number of nitrogens with zero attached hydrogens (tertiary/aromatic N) is 6. The van der Waals surface area contributed by atoms with E-state index in [4.69, 9.17) is 0 Å². The second-order valence-electron chi connectivity index (χ2n) is 9.03. The van der Waals surface area contributed by atoms with Crippen LogP contribution in [0.25, 0.3) is 5.69 Å². The van der Waals surface area contributed by atoms with Crippen LogP contribution in [0.1, 0.15) is 51.4 Å². The van der Waals surface area contributed by atoms with E-state index in [1.54, 1.807) is 24.5 Å². The third-order valence-corrected chi connectivity index (χ3v) is 6.81. The van der Waals surface area contributed by atoms with Crippen LogP contribution in [0.3, 0.4) is 0 Å². The molecule has 0 aliphatic carbocycles. The molecule has 1 fully saturated rings. The summed E-state index contributed by atoms with van der Waals surface area (Å²) >= 11 is 0. The molecule has 35 heavy (non-hydrogen) atoms. The molecule has 2 aromatic heterocycles. The van der Waals surface area contributed by atoms with Crippen LogP contribution >= 0.6 is 0 Å². The number of piperidine rings is 1. The Morgan fingerprint density at radius 2 is 2.06 bits per heavy atom. The van der Waals surface area contributed by atoms with Crippen molar-refractivity contribution >= 4 is 23.6 Å². The summed E-state index contributed by atoms with van der Waals surface area (Å²) < 4.78 is 3.53. The van der Waals surface area contributed by atoms with E-state index < -0.39 is 11.9 Å². The number of hydrogen-bond donors (Lipinski definition) is 2. The first kappa shape index (κ1) is 21.2. The Kier molecular flexibility index (Phi) is 4.94. The van der Waals surface area contributed by atoms with Gasteiger partial charge in [0.1, 0.15) is 6.04 Å². The van der Waals surface area contributed by atoms with Gasteiger partial charge in [0.15, 0.2) is 5.69 Å². The molecule has 0 saturated carbocycles. The van der Waals surface area contributed by atoms with Crippen molar-refractivity contribution in [2.75, 3.05) is 0 Å². The van der Waals surface area contributed by atoms with Gasteiger partial charge in [0.25, 0.3) is 11.8 Å². The van der Waals surface area contributed by atoms with Crippen molar-refractivity contribution in [2.24, 2.45) is 0 Å². The van der Waals surface area contributed by atoms with Gasteiger partial charge in [-0.25, -0.2) is 9.67 Å². The number of aromatic nitrogens is 5. The number of amides is 4. The molecule has 12 heteroatoms. The zero-order valence-corrected chi connectivity index (χ0v) is 18.7. The monoisotopic (exact) mass is 474 g/mol. The number of carbonyl (C=O) groups is 4. The fourth-order valence-corrected chi connectivity index (χ4v) is 4.93. The fourth-order valence-electron chi connectivity index (χ4n) is 4.93. The van der Waals surface area contributed by atoms with Gasteiger partial charge < -0.3 is 14.8 Å². The molecule has 0 spiro atoms. The zero-order chi connectivity index (χ0) is 24.1. The van der Waals surface area contributed by atoms with Crippen molar-refractivity contribution in [3.63, 3.8) is 0 Å². The van der Waals surface area contributed by atoms with Crippen LogP contribution in [0, 0.1) is 0 Å². The largest absolute Gasteiger partial charge is 0.347 e. The zero-order valence-electron chi connectivity index (χ0n) is 18.7. The quantitative estimate of drug-likeness (QED) is 0.505. The minimum Gasteiger partial charge on any atom is -0.347 e. The lowest BCUT2D eigenvalue weighted by molar-refractivity contribution is -0.136. The predicted octanol–water partition coefficient (Wildman–Crippen LogP) is -0.0304. The number of carbonyl (C=O) groups excluding carboxylic acids is 4. The van der Waals surface area contributed by atoms with E-state index in [1.807, 2.05) is 6.20 Å². The van der Waals surface area contributed by atoms with E-state index in [-0.39, 0.29) is 35.9 Å². The summed E-state index contributed by atoms with van der Waals surface area (Å²) in [7, 11) is 0. The van der Waals surface area contributed by atoms with Crippen molar-refractivity contribution in [2.45, 2.75) is 50.9 Å². The predicted molar refractivity (Wildman–Crippen MR) is 119 cm³/mol. The number of hydrogen-bond acceptors (Lipinski definition) is 7. The molecule has 12 nitrogen and oxygen atoms in total. The molecule has 0 radical (unpaired) electrons. The van der Waals surface area contributed by atoms with Crippen LogP contribution < -0.4 is 10.6 Å².